The lowest BCUT2D eigenvalue weighted by Gasteiger charge is -2.38. The molecular formula is C20H34O. The summed E-state index contributed by atoms with van der Waals surface area (Å²) in [5.74, 6) is 1.96. The molecule has 21 heavy (non-hydrogen) atoms. The van der Waals surface area contributed by atoms with E-state index in [2.05, 4.69) is 41.5 Å². The lowest BCUT2D eigenvalue weighted by molar-refractivity contribution is -0.117. The Morgan fingerprint density at radius 2 is 1.24 bits per heavy atom. The third-order valence-corrected chi connectivity index (χ3v) is 5.97. The molecule has 1 nitrogen and oxygen atoms in total. The first-order valence-electron chi connectivity index (χ1n) is 8.83. The van der Waals surface area contributed by atoms with Gasteiger partial charge in [0.05, 0.1) is 0 Å². The van der Waals surface area contributed by atoms with Crippen molar-refractivity contribution in [2.45, 2.75) is 86.5 Å². The van der Waals surface area contributed by atoms with E-state index in [4.69, 9.17) is 0 Å². The minimum absolute atomic E-state index is 0.328. The van der Waals surface area contributed by atoms with E-state index in [0.717, 1.165) is 25.2 Å². The first-order chi connectivity index (χ1) is 9.59. The second-order valence-corrected chi connectivity index (χ2v) is 9.45. The normalized spacial score (nSPS) is 29.0. The number of hydrogen-bond acceptors (Lipinski definition) is 1. The zero-order chi connectivity index (χ0) is 15.8. The number of Topliss-reactive ketones (excluding diaryl/α,β-unsaturated/α-hetero) is 1. The van der Waals surface area contributed by atoms with E-state index >= 15 is 0 Å². The largest absolute Gasteiger partial charge is 0.295 e. The fraction of sp³-hybridized carbons (Fsp3) is 0.850. The van der Waals surface area contributed by atoms with Gasteiger partial charge in [0.2, 0.25) is 0 Å². The molecule has 0 unspecified atom stereocenters. The van der Waals surface area contributed by atoms with Gasteiger partial charge in [-0.15, -0.1) is 0 Å². The zero-order valence-corrected chi connectivity index (χ0v) is 15.0. The topological polar surface area (TPSA) is 17.1 Å². The standard InChI is InChI=1S/C20H34O/c1-19(2,3)15-9-7-14(8-10-15)17-13-16(20(4,5)6)11-12-18(17)21/h15-16H,7-13H2,1-6H3/t15?,16-/m0/s1. The van der Waals surface area contributed by atoms with E-state index in [9.17, 15) is 4.79 Å². The lowest BCUT2D eigenvalue weighted by atomic mass is 9.67. The molecule has 0 saturated heterocycles. The summed E-state index contributed by atoms with van der Waals surface area (Å²) < 4.78 is 0. The average molecular weight is 290 g/mol. The quantitative estimate of drug-likeness (QED) is 0.505. The Morgan fingerprint density at radius 1 is 0.762 bits per heavy atom. The summed E-state index contributed by atoms with van der Waals surface area (Å²) in [5, 5.41) is 0. The Labute approximate surface area is 131 Å². The highest BCUT2D eigenvalue weighted by molar-refractivity contribution is 5.96. The molecule has 1 atom stereocenters. The van der Waals surface area contributed by atoms with Gasteiger partial charge in [-0.2, -0.15) is 0 Å². The fourth-order valence-electron chi connectivity index (χ4n) is 4.13. The van der Waals surface area contributed by atoms with Crippen molar-refractivity contribution in [2.24, 2.45) is 22.7 Å². The number of carbonyl (C=O) groups is 1. The van der Waals surface area contributed by atoms with Gasteiger partial charge in [-0.3, -0.25) is 4.79 Å². The van der Waals surface area contributed by atoms with Crippen LogP contribution in [0.1, 0.15) is 86.5 Å². The number of allylic oxidation sites excluding steroid dienone is 2. The van der Waals surface area contributed by atoms with Crippen molar-refractivity contribution in [1.29, 1.82) is 0 Å². The van der Waals surface area contributed by atoms with Gasteiger partial charge in [-0.05, 0) is 66.8 Å². The molecule has 0 aromatic carbocycles. The maximum Gasteiger partial charge on any atom is 0.158 e. The predicted molar refractivity (Wildman–Crippen MR) is 90.2 cm³/mol. The fourth-order valence-corrected chi connectivity index (χ4v) is 4.13. The number of ketones is 1. The molecule has 120 valence electrons. The maximum absolute atomic E-state index is 12.4. The van der Waals surface area contributed by atoms with Crippen LogP contribution in [0.25, 0.3) is 0 Å². The summed E-state index contributed by atoms with van der Waals surface area (Å²) in [5.41, 5.74) is 3.48. The minimum atomic E-state index is 0.328. The van der Waals surface area contributed by atoms with Gasteiger partial charge in [0.1, 0.15) is 0 Å². The van der Waals surface area contributed by atoms with Crippen molar-refractivity contribution < 1.29 is 4.79 Å². The molecule has 0 bridgehead atoms. The van der Waals surface area contributed by atoms with Gasteiger partial charge < -0.3 is 0 Å². The second-order valence-electron chi connectivity index (χ2n) is 9.45. The summed E-state index contributed by atoms with van der Waals surface area (Å²) in [6.45, 7) is 14.1. The summed E-state index contributed by atoms with van der Waals surface area (Å²) in [4.78, 5) is 12.4. The number of hydrogen-bond donors (Lipinski definition) is 0. The highest BCUT2D eigenvalue weighted by Gasteiger charge is 2.34. The van der Waals surface area contributed by atoms with E-state index in [1.165, 1.54) is 36.8 Å². The predicted octanol–water partition coefficient (Wildman–Crippen LogP) is 5.93. The lowest BCUT2D eigenvalue weighted by Crippen LogP contribution is -2.29. The summed E-state index contributed by atoms with van der Waals surface area (Å²) in [6, 6.07) is 0. The van der Waals surface area contributed by atoms with Gasteiger partial charge >= 0.3 is 0 Å². The molecule has 0 aromatic heterocycles. The molecule has 2 saturated carbocycles. The highest BCUT2D eigenvalue weighted by Crippen LogP contribution is 2.44. The molecule has 0 N–H and O–H groups in total. The summed E-state index contributed by atoms with van der Waals surface area (Å²) >= 11 is 0. The van der Waals surface area contributed by atoms with Crippen molar-refractivity contribution in [3.05, 3.63) is 11.1 Å². The number of carbonyl (C=O) groups excluding carboxylic acids is 1. The number of rotatable bonds is 0. The van der Waals surface area contributed by atoms with E-state index in [-0.39, 0.29) is 0 Å². The van der Waals surface area contributed by atoms with Crippen molar-refractivity contribution in [1.82, 2.24) is 0 Å². The van der Waals surface area contributed by atoms with E-state index < -0.39 is 0 Å². The van der Waals surface area contributed by atoms with Crippen LogP contribution in [0.3, 0.4) is 0 Å². The van der Waals surface area contributed by atoms with E-state index in [0.29, 0.717) is 22.5 Å². The Bertz CT molecular complexity index is 418. The molecule has 0 aliphatic heterocycles. The van der Waals surface area contributed by atoms with Crippen molar-refractivity contribution in [2.75, 3.05) is 0 Å². The summed E-state index contributed by atoms with van der Waals surface area (Å²) in [6.07, 6.45) is 7.79. The van der Waals surface area contributed by atoms with Gasteiger partial charge in [0.15, 0.2) is 5.78 Å². The van der Waals surface area contributed by atoms with Gasteiger partial charge in [-0.1, -0.05) is 47.1 Å². The summed E-state index contributed by atoms with van der Waals surface area (Å²) in [7, 11) is 0. The smallest absolute Gasteiger partial charge is 0.158 e. The van der Waals surface area contributed by atoms with Crippen LogP contribution in [0, 0.1) is 22.7 Å². The van der Waals surface area contributed by atoms with Crippen LogP contribution in [-0.2, 0) is 4.79 Å². The molecule has 0 amide bonds. The van der Waals surface area contributed by atoms with Crippen molar-refractivity contribution in [3.8, 4) is 0 Å². The molecule has 0 heterocycles. The Kier molecular flexibility index (Phi) is 4.71. The second kappa shape index (κ2) is 5.89. The van der Waals surface area contributed by atoms with Crippen LogP contribution in [0.15, 0.2) is 11.1 Å². The minimum Gasteiger partial charge on any atom is -0.295 e. The average Bonchev–Trinajstić information content (AvgIpc) is 2.37. The van der Waals surface area contributed by atoms with Crippen LogP contribution in [-0.4, -0.2) is 5.78 Å². The van der Waals surface area contributed by atoms with Crippen LogP contribution >= 0.6 is 0 Å². The Morgan fingerprint density at radius 3 is 1.71 bits per heavy atom. The van der Waals surface area contributed by atoms with Gasteiger partial charge in [-0.25, -0.2) is 0 Å². The van der Waals surface area contributed by atoms with Crippen molar-refractivity contribution in [3.63, 3.8) is 0 Å². The molecule has 2 aliphatic rings. The van der Waals surface area contributed by atoms with Crippen LogP contribution < -0.4 is 0 Å². The maximum atomic E-state index is 12.4. The first-order valence-corrected chi connectivity index (χ1v) is 8.83. The van der Waals surface area contributed by atoms with Gasteiger partial charge in [0, 0.05) is 6.42 Å². The third-order valence-electron chi connectivity index (χ3n) is 5.97. The van der Waals surface area contributed by atoms with Crippen LogP contribution in [0.5, 0.6) is 0 Å². The van der Waals surface area contributed by atoms with E-state index in [1.54, 1.807) is 0 Å². The Hall–Kier alpha value is -0.590. The van der Waals surface area contributed by atoms with E-state index in [1.807, 2.05) is 0 Å². The molecule has 0 radical (unpaired) electrons. The molecule has 2 aliphatic carbocycles. The molecule has 0 aromatic rings. The molecule has 0 spiro atoms. The SMILES string of the molecule is CC(C)(C)C1CCC(=C2C[C@@H](C(C)(C)C)CCC2=O)CC1. The van der Waals surface area contributed by atoms with Crippen molar-refractivity contribution >= 4 is 5.78 Å². The van der Waals surface area contributed by atoms with Crippen LogP contribution in [0.4, 0.5) is 0 Å². The third kappa shape index (κ3) is 3.99. The molecule has 2 fully saturated rings. The Balaban J connectivity index is 2.10. The molecular weight excluding hydrogens is 256 g/mol. The molecule has 1 heteroatoms. The highest BCUT2D eigenvalue weighted by atomic mass is 16.1. The first kappa shape index (κ1) is 16.8. The monoisotopic (exact) mass is 290 g/mol. The van der Waals surface area contributed by atoms with Crippen LogP contribution in [0.2, 0.25) is 0 Å². The zero-order valence-electron chi connectivity index (χ0n) is 15.0. The molecule has 2 rings (SSSR count). The van der Waals surface area contributed by atoms with Gasteiger partial charge in [0.25, 0.3) is 0 Å².